The summed E-state index contributed by atoms with van der Waals surface area (Å²) in [5.74, 6) is -0.719. The molecule has 34 heavy (non-hydrogen) atoms. The van der Waals surface area contributed by atoms with Crippen LogP contribution in [0.5, 0.6) is 0 Å². The number of hydrogen-bond donors (Lipinski definition) is 2. The molecule has 0 radical (unpaired) electrons. The van der Waals surface area contributed by atoms with Gasteiger partial charge in [0.2, 0.25) is 5.91 Å². The second kappa shape index (κ2) is 9.61. The van der Waals surface area contributed by atoms with Crippen LogP contribution in [0.15, 0.2) is 60.7 Å². The monoisotopic (exact) mass is 471 g/mol. The SMILES string of the molecule is NC(=O)Cc1ccccc1NC(=O)c1cc(-c2ccccc2)nc2nc(N3CCCCC3)sc12. The summed E-state index contributed by atoms with van der Waals surface area (Å²) in [6.07, 6.45) is 3.57. The zero-order valence-electron chi connectivity index (χ0n) is 18.7. The van der Waals surface area contributed by atoms with Crippen molar-refractivity contribution in [2.75, 3.05) is 23.3 Å². The summed E-state index contributed by atoms with van der Waals surface area (Å²) < 4.78 is 0.755. The molecular formula is C26H25N5O2S. The highest BCUT2D eigenvalue weighted by atomic mass is 32.1. The van der Waals surface area contributed by atoms with Crippen LogP contribution in [0.2, 0.25) is 0 Å². The van der Waals surface area contributed by atoms with Gasteiger partial charge < -0.3 is 16.0 Å². The van der Waals surface area contributed by atoms with E-state index in [1.54, 1.807) is 12.1 Å². The number of hydrogen-bond acceptors (Lipinski definition) is 6. The Balaban J connectivity index is 1.57. The molecule has 7 nitrogen and oxygen atoms in total. The summed E-state index contributed by atoms with van der Waals surface area (Å²) in [5, 5.41) is 3.88. The number of nitrogens with zero attached hydrogens (tertiary/aromatic N) is 3. The second-order valence-electron chi connectivity index (χ2n) is 8.37. The first kappa shape index (κ1) is 22.0. The number of amides is 2. The minimum atomic E-state index is -0.451. The summed E-state index contributed by atoms with van der Waals surface area (Å²) in [6.45, 7) is 1.93. The van der Waals surface area contributed by atoms with Gasteiger partial charge in [0.1, 0.15) is 0 Å². The summed E-state index contributed by atoms with van der Waals surface area (Å²) >= 11 is 1.51. The Morgan fingerprint density at radius 3 is 2.47 bits per heavy atom. The van der Waals surface area contributed by atoms with Crippen LogP contribution in [0.4, 0.5) is 10.8 Å². The zero-order valence-corrected chi connectivity index (χ0v) is 19.5. The maximum Gasteiger partial charge on any atom is 0.257 e. The molecule has 1 fully saturated rings. The number of benzene rings is 2. The Kier molecular flexibility index (Phi) is 6.22. The van der Waals surface area contributed by atoms with Crippen molar-refractivity contribution < 1.29 is 9.59 Å². The van der Waals surface area contributed by atoms with E-state index in [0.717, 1.165) is 41.3 Å². The Bertz CT molecular complexity index is 1350. The fraction of sp³-hybridized carbons (Fsp3) is 0.231. The fourth-order valence-corrected chi connectivity index (χ4v) is 5.29. The number of rotatable bonds is 6. The lowest BCUT2D eigenvalue weighted by Crippen LogP contribution is -2.29. The molecule has 1 saturated heterocycles. The smallest absolute Gasteiger partial charge is 0.257 e. The number of nitrogens with two attached hydrogens (primary N) is 1. The van der Waals surface area contributed by atoms with Gasteiger partial charge in [-0.3, -0.25) is 9.59 Å². The first-order chi connectivity index (χ1) is 16.6. The van der Waals surface area contributed by atoms with Gasteiger partial charge in [-0.1, -0.05) is 59.9 Å². The minimum Gasteiger partial charge on any atom is -0.369 e. The zero-order chi connectivity index (χ0) is 23.5. The van der Waals surface area contributed by atoms with E-state index in [9.17, 15) is 9.59 Å². The van der Waals surface area contributed by atoms with E-state index in [0.29, 0.717) is 28.2 Å². The first-order valence-corrected chi connectivity index (χ1v) is 12.2. The van der Waals surface area contributed by atoms with Gasteiger partial charge in [0.25, 0.3) is 5.91 Å². The lowest BCUT2D eigenvalue weighted by molar-refractivity contribution is -0.117. The minimum absolute atomic E-state index is 0.0527. The van der Waals surface area contributed by atoms with E-state index in [4.69, 9.17) is 15.7 Å². The third kappa shape index (κ3) is 4.63. The van der Waals surface area contributed by atoms with Crippen molar-refractivity contribution in [3.05, 3.63) is 71.8 Å². The van der Waals surface area contributed by atoms with Crippen molar-refractivity contribution in [3.63, 3.8) is 0 Å². The molecule has 4 aromatic rings. The van der Waals surface area contributed by atoms with Crippen molar-refractivity contribution in [1.29, 1.82) is 0 Å². The number of primary amides is 1. The summed E-state index contributed by atoms with van der Waals surface area (Å²) in [6, 6.07) is 18.8. The molecule has 0 aliphatic carbocycles. The van der Waals surface area contributed by atoms with Crippen LogP contribution in [0, 0.1) is 0 Å². The highest BCUT2D eigenvalue weighted by molar-refractivity contribution is 7.22. The predicted octanol–water partition coefficient (Wildman–Crippen LogP) is 4.63. The topological polar surface area (TPSA) is 101 Å². The quantitative estimate of drug-likeness (QED) is 0.427. The number of piperidine rings is 1. The van der Waals surface area contributed by atoms with Crippen LogP contribution in [-0.4, -0.2) is 34.9 Å². The van der Waals surface area contributed by atoms with Gasteiger partial charge in [-0.15, -0.1) is 0 Å². The molecule has 2 amide bonds. The summed E-state index contributed by atoms with van der Waals surface area (Å²) in [5.41, 5.74) is 9.34. The Morgan fingerprint density at radius 1 is 0.971 bits per heavy atom. The number of nitrogens with one attached hydrogen (secondary N) is 1. The third-order valence-electron chi connectivity index (χ3n) is 5.92. The van der Waals surface area contributed by atoms with Gasteiger partial charge in [-0.2, -0.15) is 4.98 Å². The molecule has 3 N–H and O–H groups in total. The largest absolute Gasteiger partial charge is 0.369 e. The van der Waals surface area contributed by atoms with Gasteiger partial charge >= 0.3 is 0 Å². The molecule has 1 aliphatic heterocycles. The lowest BCUT2D eigenvalue weighted by atomic mass is 10.1. The summed E-state index contributed by atoms with van der Waals surface area (Å²) in [7, 11) is 0. The van der Waals surface area contributed by atoms with Crippen LogP contribution in [0.1, 0.15) is 35.2 Å². The van der Waals surface area contributed by atoms with E-state index in [2.05, 4.69) is 10.2 Å². The maximum absolute atomic E-state index is 13.5. The van der Waals surface area contributed by atoms with Crippen LogP contribution >= 0.6 is 11.3 Å². The van der Waals surface area contributed by atoms with Gasteiger partial charge in [0.15, 0.2) is 10.8 Å². The number of pyridine rings is 1. The fourth-order valence-electron chi connectivity index (χ4n) is 4.22. The first-order valence-electron chi connectivity index (χ1n) is 11.4. The highest BCUT2D eigenvalue weighted by Crippen LogP contribution is 2.34. The molecule has 1 aliphatic rings. The molecule has 2 aromatic heterocycles. The van der Waals surface area contributed by atoms with E-state index in [-0.39, 0.29) is 12.3 Å². The molecule has 0 atom stereocenters. The van der Waals surface area contributed by atoms with Crippen molar-refractivity contribution in [3.8, 4) is 11.3 Å². The molecule has 2 aromatic carbocycles. The number of aromatic nitrogens is 2. The lowest BCUT2D eigenvalue weighted by Gasteiger charge is -2.25. The molecule has 5 rings (SSSR count). The van der Waals surface area contributed by atoms with Crippen molar-refractivity contribution in [2.24, 2.45) is 5.73 Å². The number of carbonyl (C=O) groups is 2. The number of para-hydroxylation sites is 1. The van der Waals surface area contributed by atoms with Crippen LogP contribution < -0.4 is 16.0 Å². The molecule has 0 bridgehead atoms. The molecular weight excluding hydrogens is 446 g/mol. The standard InChI is InChI=1S/C26H25N5O2S/c27-22(32)15-18-11-5-6-12-20(18)29-25(33)19-16-21(17-9-3-1-4-10-17)28-24-23(19)34-26(30-24)31-13-7-2-8-14-31/h1,3-6,9-12,16H,2,7-8,13-15H2,(H2,27,32)(H,29,33). The van der Waals surface area contributed by atoms with Crippen molar-refractivity contribution >= 4 is 44.3 Å². The average Bonchev–Trinajstić information content (AvgIpc) is 3.30. The van der Waals surface area contributed by atoms with E-state index in [1.807, 2.05) is 48.5 Å². The van der Waals surface area contributed by atoms with Gasteiger partial charge in [0, 0.05) is 24.3 Å². The summed E-state index contributed by atoms with van der Waals surface area (Å²) in [4.78, 5) is 36.9. The average molecular weight is 472 g/mol. The number of carbonyl (C=O) groups excluding carboxylic acids is 2. The van der Waals surface area contributed by atoms with Crippen molar-refractivity contribution in [1.82, 2.24) is 9.97 Å². The molecule has 8 heteroatoms. The van der Waals surface area contributed by atoms with Crippen LogP contribution in [0.25, 0.3) is 21.6 Å². The molecule has 0 saturated carbocycles. The van der Waals surface area contributed by atoms with E-state index in [1.165, 1.54) is 17.8 Å². The van der Waals surface area contributed by atoms with Crippen molar-refractivity contribution in [2.45, 2.75) is 25.7 Å². The molecule has 3 heterocycles. The second-order valence-corrected chi connectivity index (χ2v) is 9.35. The number of anilines is 2. The molecule has 172 valence electrons. The number of thiazole rings is 1. The normalized spacial score (nSPS) is 13.7. The highest BCUT2D eigenvalue weighted by Gasteiger charge is 2.22. The maximum atomic E-state index is 13.5. The van der Waals surface area contributed by atoms with E-state index < -0.39 is 5.91 Å². The van der Waals surface area contributed by atoms with Gasteiger partial charge in [-0.05, 0) is 37.0 Å². The van der Waals surface area contributed by atoms with Crippen LogP contribution in [-0.2, 0) is 11.2 Å². The number of fused-ring (bicyclic) bond motifs is 1. The molecule has 0 spiro atoms. The Labute approximate surface area is 201 Å². The third-order valence-corrected chi connectivity index (χ3v) is 7.06. The molecule has 0 unspecified atom stereocenters. The predicted molar refractivity (Wildman–Crippen MR) is 136 cm³/mol. The van der Waals surface area contributed by atoms with Crippen LogP contribution in [0.3, 0.4) is 0 Å². The van der Waals surface area contributed by atoms with E-state index >= 15 is 0 Å². The Hall–Kier alpha value is -3.78. The van der Waals surface area contributed by atoms with Gasteiger partial charge in [0.05, 0.1) is 22.4 Å². The Morgan fingerprint density at radius 2 is 1.71 bits per heavy atom. The van der Waals surface area contributed by atoms with Gasteiger partial charge in [-0.25, -0.2) is 4.98 Å².